The van der Waals surface area contributed by atoms with Crippen molar-refractivity contribution in [2.75, 3.05) is 30.3 Å². The van der Waals surface area contributed by atoms with Crippen LogP contribution >= 0.6 is 11.6 Å². The van der Waals surface area contributed by atoms with Gasteiger partial charge in [-0.15, -0.1) is 0 Å². The first kappa shape index (κ1) is 18.7. The highest BCUT2D eigenvalue weighted by atomic mass is 35.5. The predicted molar refractivity (Wildman–Crippen MR) is 115 cm³/mol. The normalized spacial score (nSPS) is 16.7. The van der Waals surface area contributed by atoms with Crippen molar-refractivity contribution in [3.05, 3.63) is 65.3 Å². The number of halogens is 1. The lowest BCUT2D eigenvalue weighted by Gasteiger charge is -2.24. The van der Waals surface area contributed by atoms with E-state index < -0.39 is 0 Å². The predicted octanol–water partition coefficient (Wildman–Crippen LogP) is 4.55. The fraction of sp³-hybridized carbons (Fsp3) is 0.273. The van der Waals surface area contributed by atoms with Gasteiger partial charge >= 0.3 is 0 Å². The van der Waals surface area contributed by atoms with Crippen LogP contribution in [0.1, 0.15) is 23.2 Å². The van der Waals surface area contributed by atoms with E-state index in [1.807, 2.05) is 24.3 Å². The van der Waals surface area contributed by atoms with E-state index in [1.54, 1.807) is 30.5 Å². The van der Waals surface area contributed by atoms with Crippen LogP contribution < -0.4 is 16.0 Å². The summed E-state index contributed by atoms with van der Waals surface area (Å²) in [4.78, 5) is 17.5. The number of rotatable bonds is 5. The Morgan fingerprint density at radius 3 is 2.79 bits per heavy atom. The molecule has 144 valence electrons. The molecule has 1 saturated heterocycles. The largest absolute Gasteiger partial charge is 0.383 e. The van der Waals surface area contributed by atoms with Gasteiger partial charge < -0.3 is 16.0 Å². The maximum absolute atomic E-state index is 13.0. The van der Waals surface area contributed by atoms with Crippen molar-refractivity contribution in [3.8, 4) is 0 Å². The molecule has 3 N–H and O–H groups in total. The first-order chi connectivity index (χ1) is 13.7. The number of nitrogens with one attached hydrogen (secondary N) is 3. The van der Waals surface area contributed by atoms with Crippen LogP contribution in [-0.2, 0) is 0 Å². The molecule has 6 heteroatoms. The molecule has 4 rings (SSSR count). The first-order valence-electron chi connectivity index (χ1n) is 9.60. The molecule has 1 aliphatic rings. The smallest absolute Gasteiger partial charge is 0.259 e. The summed E-state index contributed by atoms with van der Waals surface area (Å²) < 4.78 is 0. The number of anilines is 2. The fourth-order valence-electron chi connectivity index (χ4n) is 3.58. The number of nitrogens with zero attached hydrogens (tertiary/aromatic N) is 1. The van der Waals surface area contributed by atoms with Gasteiger partial charge in [-0.25, -0.2) is 0 Å². The van der Waals surface area contributed by atoms with Crippen LogP contribution in [0.15, 0.2) is 54.7 Å². The molecule has 0 radical (unpaired) electrons. The molecule has 0 spiro atoms. The Hall–Kier alpha value is -2.63. The van der Waals surface area contributed by atoms with Gasteiger partial charge in [0.25, 0.3) is 5.91 Å². The zero-order valence-corrected chi connectivity index (χ0v) is 16.3. The summed E-state index contributed by atoms with van der Waals surface area (Å²) in [5, 5.41) is 11.5. The molecule has 3 aromatic rings. The van der Waals surface area contributed by atoms with E-state index in [9.17, 15) is 4.79 Å². The topological polar surface area (TPSA) is 66.0 Å². The van der Waals surface area contributed by atoms with E-state index >= 15 is 0 Å². The summed E-state index contributed by atoms with van der Waals surface area (Å²) in [7, 11) is 0. The third-order valence-electron chi connectivity index (χ3n) is 5.09. The van der Waals surface area contributed by atoms with Crippen LogP contribution in [0.2, 0.25) is 5.02 Å². The Labute approximate surface area is 169 Å². The van der Waals surface area contributed by atoms with Gasteiger partial charge in [-0.05, 0) is 62.2 Å². The van der Waals surface area contributed by atoms with Crippen LogP contribution in [0.5, 0.6) is 0 Å². The number of carbonyl (C=O) groups is 1. The lowest BCUT2D eigenvalue weighted by Crippen LogP contribution is -2.33. The summed E-state index contributed by atoms with van der Waals surface area (Å²) in [5.74, 6) is 0.359. The van der Waals surface area contributed by atoms with Crippen LogP contribution in [0, 0.1) is 5.92 Å². The average molecular weight is 395 g/mol. The number of carbonyl (C=O) groups excluding carboxylic acids is 1. The molecule has 1 amide bonds. The second-order valence-electron chi connectivity index (χ2n) is 7.12. The molecule has 0 aliphatic carbocycles. The van der Waals surface area contributed by atoms with Gasteiger partial charge in [0, 0.05) is 28.8 Å². The average Bonchev–Trinajstić information content (AvgIpc) is 2.74. The molecule has 1 aromatic heterocycles. The zero-order chi connectivity index (χ0) is 19.3. The van der Waals surface area contributed by atoms with Gasteiger partial charge in [0.2, 0.25) is 0 Å². The molecule has 2 aromatic carbocycles. The molecular weight excluding hydrogens is 372 g/mol. The standard InChI is InChI=1S/C22H23ClN4O/c23-16-7-9-17(10-8-16)27-22(28)19-14-25-20-6-2-1-5-18(20)21(19)26-13-15-4-3-11-24-12-15/h1-2,5-10,14-15,24H,3-4,11-13H2,(H,25,26)(H,27,28). The second kappa shape index (κ2) is 8.59. The number of para-hydroxylation sites is 1. The maximum atomic E-state index is 13.0. The summed E-state index contributed by atoms with van der Waals surface area (Å²) in [6.07, 6.45) is 4.03. The summed E-state index contributed by atoms with van der Waals surface area (Å²) >= 11 is 5.93. The highest BCUT2D eigenvalue weighted by molar-refractivity contribution is 6.30. The third-order valence-corrected chi connectivity index (χ3v) is 5.34. The molecule has 0 saturated carbocycles. The van der Waals surface area contributed by atoms with Crippen LogP contribution in [-0.4, -0.2) is 30.5 Å². The van der Waals surface area contributed by atoms with E-state index in [4.69, 9.17) is 11.6 Å². The van der Waals surface area contributed by atoms with Gasteiger partial charge in [0.05, 0.1) is 16.8 Å². The zero-order valence-electron chi connectivity index (χ0n) is 15.5. The van der Waals surface area contributed by atoms with Gasteiger partial charge in [0.1, 0.15) is 0 Å². The van der Waals surface area contributed by atoms with Crippen molar-refractivity contribution in [3.63, 3.8) is 0 Å². The Morgan fingerprint density at radius 2 is 2.00 bits per heavy atom. The molecule has 1 aliphatic heterocycles. The molecule has 1 unspecified atom stereocenters. The molecule has 28 heavy (non-hydrogen) atoms. The summed E-state index contributed by atoms with van der Waals surface area (Å²) in [6, 6.07) is 15.0. The van der Waals surface area contributed by atoms with Gasteiger partial charge in [-0.3, -0.25) is 9.78 Å². The number of benzene rings is 2. The van der Waals surface area contributed by atoms with E-state index in [-0.39, 0.29) is 5.91 Å². The summed E-state index contributed by atoms with van der Waals surface area (Å²) in [5.41, 5.74) is 2.94. The lowest BCUT2D eigenvalue weighted by molar-refractivity contribution is 0.102. The van der Waals surface area contributed by atoms with Crippen molar-refractivity contribution in [2.45, 2.75) is 12.8 Å². The Balaban J connectivity index is 1.62. The minimum atomic E-state index is -0.190. The third kappa shape index (κ3) is 4.26. The minimum Gasteiger partial charge on any atom is -0.383 e. The second-order valence-corrected chi connectivity index (χ2v) is 7.55. The van der Waals surface area contributed by atoms with Crippen molar-refractivity contribution in [2.24, 2.45) is 5.92 Å². The van der Waals surface area contributed by atoms with E-state index in [2.05, 4.69) is 20.9 Å². The fourth-order valence-corrected chi connectivity index (χ4v) is 3.71. The highest BCUT2D eigenvalue weighted by Gasteiger charge is 2.18. The van der Waals surface area contributed by atoms with Crippen molar-refractivity contribution < 1.29 is 4.79 Å². The molecule has 1 atom stereocenters. The minimum absolute atomic E-state index is 0.190. The SMILES string of the molecule is O=C(Nc1ccc(Cl)cc1)c1cnc2ccccc2c1NCC1CCCNC1. The number of hydrogen-bond acceptors (Lipinski definition) is 4. The number of hydrogen-bond donors (Lipinski definition) is 3. The highest BCUT2D eigenvalue weighted by Crippen LogP contribution is 2.27. The Bertz CT molecular complexity index is 968. The van der Waals surface area contributed by atoms with Crippen molar-refractivity contribution >= 4 is 39.8 Å². The van der Waals surface area contributed by atoms with Crippen LogP contribution in [0.3, 0.4) is 0 Å². The van der Waals surface area contributed by atoms with Crippen molar-refractivity contribution in [1.29, 1.82) is 0 Å². The number of fused-ring (bicyclic) bond motifs is 1. The molecular formula is C22H23ClN4O. The Morgan fingerprint density at radius 1 is 1.18 bits per heavy atom. The van der Waals surface area contributed by atoms with Gasteiger partial charge in [-0.2, -0.15) is 0 Å². The van der Waals surface area contributed by atoms with E-state index in [0.717, 1.165) is 36.2 Å². The van der Waals surface area contributed by atoms with Crippen molar-refractivity contribution in [1.82, 2.24) is 10.3 Å². The first-order valence-corrected chi connectivity index (χ1v) is 9.98. The maximum Gasteiger partial charge on any atom is 0.259 e. The van der Waals surface area contributed by atoms with Crippen LogP contribution in [0.4, 0.5) is 11.4 Å². The lowest BCUT2D eigenvalue weighted by atomic mass is 9.99. The summed E-state index contributed by atoms with van der Waals surface area (Å²) in [6.45, 7) is 2.91. The monoisotopic (exact) mass is 394 g/mol. The molecule has 2 heterocycles. The Kier molecular flexibility index (Phi) is 5.74. The number of aromatic nitrogens is 1. The van der Waals surface area contributed by atoms with Gasteiger partial charge in [-0.1, -0.05) is 29.8 Å². The van der Waals surface area contributed by atoms with Gasteiger partial charge in [0.15, 0.2) is 0 Å². The van der Waals surface area contributed by atoms with E-state index in [1.165, 1.54) is 12.8 Å². The number of amides is 1. The molecule has 0 bridgehead atoms. The molecule has 5 nitrogen and oxygen atoms in total. The molecule has 1 fully saturated rings. The number of pyridine rings is 1. The van der Waals surface area contributed by atoms with E-state index in [0.29, 0.717) is 22.2 Å². The number of piperidine rings is 1. The quantitative estimate of drug-likeness (QED) is 0.593. The van der Waals surface area contributed by atoms with Crippen LogP contribution in [0.25, 0.3) is 10.9 Å².